The minimum atomic E-state index is 0.753. The van der Waals surface area contributed by atoms with Gasteiger partial charge in [0.25, 0.3) is 0 Å². The van der Waals surface area contributed by atoms with Crippen molar-refractivity contribution in [3.8, 4) is 0 Å². The van der Waals surface area contributed by atoms with Crippen LogP contribution in [0.25, 0.3) is 0 Å². The maximum Gasteiger partial charge on any atom is 0.191 e. The van der Waals surface area contributed by atoms with E-state index in [1.165, 1.54) is 5.56 Å². The van der Waals surface area contributed by atoms with Gasteiger partial charge in [-0.1, -0.05) is 30.7 Å². The summed E-state index contributed by atoms with van der Waals surface area (Å²) in [5.74, 6) is 1.83. The SMILES string of the molecule is CCc1nncn1CCNC(=NCCN1CCOCC1)NCCc1ccc(Cl)cc1. The van der Waals surface area contributed by atoms with Crippen molar-refractivity contribution in [1.29, 1.82) is 0 Å². The van der Waals surface area contributed by atoms with Crippen LogP contribution < -0.4 is 10.6 Å². The van der Waals surface area contributed by atoms with E-state index in [0.717, 1.165) is 88.7 Å². The summed E-state index contributed by atoms with van der Waals surface area (Å²) < 4.78 is 7.49. The summed E-state index contributed by atoms with van der Waals surface area (Å²) in [5, 5.41) is 15.8. The molecule has 2 aromatic rings. The number of benzene rings is 1. The standard InChI is InChI=1S/C21H32ClN7O/c1-2-20-27-26-17-29(20)12-10-25-21(24-9-11-28-13-15-30-16-14-28)23-8-7-18-3-5-19(22)6-4-18/h3-6,17H,2,7-16H2,1H3,(H2,23,24,25). The molecule has 0 amide bonds. The van der Waals surface area contributed by atoms with Crippen molar-refractivity contribution < 1.29 is 4.74 Å². The second-order valence-electron chi connectivity index (χ2n) is 7.21. The monoisotopic (exact) mass is 433 g/mol. The fourth-order valence-corrected chi connectivity index (χ4v) is 3.44. The van der Waals surface area contributed by atoms with E-state index in [1.54, 1.807) is 6.33 Å². The minimum absolute atomic E-state index is 0.753. The Kier molecular flexibility index (Phi) is 9.40. The molecule has 1 fully saturated rings. The number of nitrogens with zero attached hydrogens (tertiary/aromatic N) is 5. The van der Waals surface area contributed by atoms with Gasteiger partial charge in [-0.2, -0.15) is 0 Å². The van der Waals surface area contributed by atoms with Crippen molar-refractivity contribution in [2.75, 3.05) is 52.5 Å². The summed E-state index contributed by atoms with van der Waals surface area (Å²) in [7, 11) is 0. The first kappa shape index (κ1) is 22.5. The third kappa shape index (κ3) is 7.59. The van der Waals surface area contributed by atoms with Crippen LogP contribution in [-0.2, 0) is 24.1 Å². The zero-order valence-corrected chi connectivity index (χ0v) is 18.4. The highest BCUT2D eigenvalue weighted by Gasteiger charge is 2.09. The van der Waals surface area contributed by atoms with E-state index in [-0.39, 0.29) is 0 Å². The molecule has 30 heavy (non-hydrogen) atoms. The van der Waals surface area contributed by atoms with Crippen LogP contribution in [0, 0.1) is 0 Å². The molecule has 164 valence electrons. The first-order chi connectivity index (χ1) is 14.7. The average molecular weight is 434 g/mol. The van der Waals surface area contributed by atoms with Crippen LogP contribution in [0.3, 0.4) is 0 Å². The summed E-state index contributed by atoms with van der Waals surface area (Å²) in [4.78, 5) is 7.17. The number of rotatable bonds is 10. The molecule has 0 saturated carbocycles. The summed E-state index contributed by atoms with van der Waals surface area (Å²) in [5.41, 5.74) is 1.25. The number of nitrogens with one attached hydrogen (secondary N) is 2. The van der Waals surface area contributed by atoms with E-state index in [1.807, 2.05) is 12.1 Å². The smallest absolute Gasteiger partial charge is 0.191 e. The first-order valence-corrected chi connectivity index (χ1v) is 11.1. The number of aromatic nitrogens is 3. The van der Waals surface area contributed by atoms with Gasteiger partial charge in [0.05, 0.1) is 19.8 Å². The van der Waals surface area contributed by atoms with Gasteiger partial charge in [0.2, 0.25) is 0 Å². The Morgan fingerprint density at radius 3 is 2.67 bits per heavy atom. The van der Waals surface area contributed by atoms with E-state index in [0.29, 0.717) is 0 Å². The summed E-state index contributed by atoms with van der Waals surface area (Å²) in [6.07, 6.45) is 3.57. The maximum atomic E-state index is 5.97. The molecule has 0 spiro atoms. The van der Waals surface area contributed by atoms with Crippen LogP contribution in [0.5, 0.6) is 0 Å². The average Bonchev–Trinajstić information content (AvgIpc) is 3.23. The molecule has 1 aliphatic rings. The van der Waals surface area contributed by atoms with Gasteiger partial charge in [0.1, 0.15) is 12.2 Å². The molecule has 0 radical (unpaired) electrons. The largest absolute Gasteiger partial charge is 0.379 e. The Bertz CT molecular complexity index is 772. The molecular formula is C21H32ClN7O. The molecule has 0 atom stereocenters. The summed E-state index contributed by atoms with van der Waals surface area (Å²) in [6.45, 7) is 9.74. The molecule has 0 aliphatic carbocycles. The molecule has 1 aromatic heterocycles. The Morgan fingerprint density at radius 1 is 1.13 bits per heavy atom. The van der Waals surface area contributed by atoms with Crippen LogP contribution in [0.1, 0.15) is 18.3 Å². The number of hydrogen-bond donors (Lipinski definition) is 2. The predicted molar refractivity (Wildman–Crippen MR) is 120 cm³/mol. The lowest BCUT2D eigenvalue weighted by Crippen LogP contribution is -2.41. The lowest BCUT2D eigenvalue weighted by molar-refractivity contribution is 0.0394. The van der Waals surface area contributed by atoms with E-state index in [9.17, 15) is 0 Å². The minimum Gasteiger partial charge on any atom is -0.379 e. The number of hydrogen-bond acceptors (Lipinski definition) is 5. The summed E-state index contributed by atoms with van der Waals surface area (Å²) >= 11 is 5.97. The lowest BCUT2D eigenvalue weighted by Gasteiger charge is -2.25. The molecule has 1 saturated heterocycles. The Labute approximate surface area is 183 Å². The fourth-order valence-electron chi connectivity index (χ4n) is 3.31. The topological polar surface area (TPSA) is 79.6 Å². The molecule has 0 unspecified atom stereocenters. The first-order valence-electron chi connectivity index (χ1n) is 10.7. The Morgan fingerprint density at radius 2 is 1.90 bits per heavy atom. The van der Waals surface area contributed by atoms with E-state index < -0.39 is 0 Å². The van der Waals surface area contributed by atoms with Gasteiger partial charge in [-0.05, 0) is 24.1 Å². The molecule has 8 nitrogen and oxygen atoms in total. The van der Waals surface area contributed by atoms with Crippen molar-refractivity contribution in [3.05, 3.63) is 47.0 Å². The predicted octanol–water partition coefficient (Wildman–Crippen LogP) is 1.60. The zero-order chi connectivity index (χ0) is 21.0. The van der Waals surface area contributed by atoms with Gasteiger partial charge in [-0.3, -0.25) is 9.89 Å². The summed E-state index contributed by atoms with van der Waals surface area (Å²) in [6, 6.07) is 7.98. The number of aliphatic imine (C=N–C) groups is 1. The van der Waals surface area contributed by atoms with Gasteiger partial charge in [0.15, 0.2) is 5.96 Å². The van der Waals surface area contributed by atoms with Crippen LogP contribution in [0.4, 0.5) is 0 Å². The number of ether oxygens (including phenoxy) is 1. The molecule has 1 aliphatic heterocycles. The van der Waals surface area contributed by atoms with Gasteiger partial charge in [-0.25, -0.2) is 0 Å². The van der Waals surface area contributed by atoms with Crippen molar-refractivity contribution in [1.82, 2.24) is 30.3 Å². The maximum absolute atomic E-state index is 5.97. The molecule has 2 heterocycles. The van der Waals surface area contributed by atoms with E-state index in [2.05, 4.69) is 49.4 Å². The van der Waals surface area contributed by atoms with Crippen LogP contribution in [0.2, 0.25) is 5.02 Å². The Balaban J connectivity index is 1.48. The fraction of sp³-hybridized carbons (Fsp3) is 0.571. The highest BCUT2D eigenvalue weighted by molar-refractivity contribution is 6.30. The van der Waals surface area contributed by atoms with Gasteiger partial charge < -0.3 is 19.9 Å². The third-order valence-electron chi connectivity index (χ3n) is 5.07. The van der Waals surface area contributed by atoms with Crippen LogP contribution in [-0.4, -0.2) is 78.1 Å². The Hall–Kier alpha value is -2.16. The highest BCUT2D eigenvalue weighted by Crippen LogP contribution is 2.09. The van der Waals surface area contributed by atoms with Crippen molar-refractivity contribution in [2.45, 2.75) is 26.3 Å². The molecule has 3 rings (SSSR count). The van der Waals surface area contributed by atoms with Crippen LogP contribution >= 0.6 is 11.6 Å². The second-order valence-corrected chi connectivity index (χ2v) is 7.64. The highest BCUT2D eigenvalue weighted by atomic mass is 35.5. The van der Waals surface area contributed by atoms with Gasteiger partial charge >= 0.3 is 0 Å². The molecule has 0 bridgehead atoms. The van der Waals surface area contributed by atoms with E-state index >= 15 is 0 Å². The number of guanidine groups is 1. The van der Waals surface area contributed by atoms with Gasteiger partial charge in [-0.15, -0.1) is 10.2 Å². The van der Waals surface area contributed by atoms with E-state index in [4.69, 9.17) is 21.3 Å². The van der Waals surface area contributed by atoms with Crippen LogP contribution in [0.15, 0.2) is 35.6 Å². The second kappa shape index (κ2) is 12.5. The molecule has 9 heteroatoms. The van der Waals surface area contributed by atoms with Gasteiger partial charge in [0, 0.05) is 50.7 Å². The quantitative estimate of drug-likeness (QED) is 0.437. The lowest BCUT2D eigenvalue weighted by atomic mass is 10.1. The number of halogens is 1. The molecule has 1 aromatic carbocycles. The molecule has 2 N–H and O–H groups in total. The van der Waals surface area contributed by atoms with Crippen molar-refractivity contribution >= 4 is 17.6 Å². The molecular weight excluding hydrogens is 402 g/mol. The van der Waals surface area contributed by atoms with Crippen molar-refractivity contribution in [2.24, 2.45) is 4.99 Å². The normalized spacial score (nSPS) is 15.3. The number of aryl methyl sites for hydroxylation is 1. The third-order valence-corrected chi connectivity index (χ3v) is 5.32. The van der Waals surface area contributed by atoms with Crippen molar-refractivity contribution in [3.63, 3.8) is 0 Å². The zero-order valence-electron chi connectivity index (χ0n) is 17.7. The number of morpholine rings is 1.